The molecule has 3 heterocycles. The number of anilines is 1. The smallest absolute Gasteiger partial charge is 0.374 e. The van der Waals surface area contributed by atoms with E-state index in [2.05, 4.69) is 33.1 Å². The van der Waals surface area contributed by atoms with Gasteiger partial charge < -0.3 is 19.0 Å². The Labute approximate surface area is 196 Å². The molecule has 1 N–H and O–H groups in total. The van der Waals surface area contributed by atoms with Crippen molar-refractivity contribution in [2.45, 2.75) is 23.7 Å². The lowest BCUT2D eigenvalue weighted by Gasteiger charge is -2.15. The summed E-state index contributed by atoms with van der Waals surface area (Å²) in [7, 11) is -2.43. The summed E-state index contributed by atoms with van der Waals surface area (Å²) in [5.74, 6) is 5.80. The Hall–Kier alpha value is -1.85. The van der Waals surface area contributed by atoms with Crippen LogP contribution in [0.2, 0.25) is 0 Å². The predicted octanol–water partition coefficient (Wildman–Crippen LogP) is 6.06. The number of thioether (sulfide) groups is 1. The number of fused-ring (bicyclic) bond motifs is 2. The maximum atomic E-state index is 13.1. The summed E-state index contributed by atoms with van der Waals surface area (Å²) in [6.07, 6.45) is 1.59. The number of pyridine rings is 1. The first-order chi connectivity index (χ1) is 15.0. The van der Waals surface area contributed by atoms with E-state index in [1.54, 1.807) is 37.7 Å². The highest BCUT2D eigenvalue weighted by atomic mass is 79.9. The summed E-state index contributed by atoms with van der Waals surface area (Å²) in [4.78, 5) is 0. The molecule has 0 aliphatic carbocycles. The van der Waals surface area contributed by atoms with Crippen molar-refractivity contribution in [2.24, 2.45) is 0 Å². The van der Waals surface area contributed by atoms with E-state index in [9.17, 15) is 17.7 Å². The van der Waals surface area contributed by atoms with E-state index in [0.717, 1.165) is 22.1 Å². The summed E-state index contributed by atoms with van der Waals surface area (Å²) in [6.45, 7) is 4.55. The monoisotopic (exact) mass is 542 g/mol. The van der Waals surface area contributed by atoms with Crippen molar-refractivity contribution in [2.75, 3.05) is 25.2 Å². The van der Waals surface area contributed by atoms with Crippen molar-refractivity contribution < 1.29 is 22.5 Å². The molecular formula is C22H19BrF3N2O2PS. The Balaban J connectivity index is 1.60. The molecule has 0 unspecified atom stereocenters. The van der Waals surface area contributed by atoms with Crippen molar-refractivity contribution >= 4 is 51.3 Å². The summed E-state index contributed by atoms with van der Waals surface area (Å²) < 4.78 is 59.7. The van der Waals surface area contributed by atoms with Gasteiger partial charge in [-0.3, -0.25) is 0 Å². The van der Waals surface area contributed by atoms with E-state index in [1.165, 1.54) is 4.40 Å². The molecule has 1 aromatic carbocycles. The highest BCUT2D eigenvalue weighted by molar-refractivity contribution is 9.10. The minimum Gasteiger partial charge on any atom is -0.374 e. The van der Waals surface area contributed by atoms with Crippen LogP contribution in [0.3, 0.4) is 0 Å². The average molecular weight is 543 g/mol. The Morgan fingerprint density at radius 2 is 2.00 bits per heavy atom. The molecule has 32 heavy (non-hydrogen) atoms. The molecule has 168 valence electrons. The fraction of sp³-hybridized carbons (Fsp3) is 0.273. The SMILES string of the molecule is CP(C)(=O)c1ccc(NCC#Cc2cc3c(Br)cccn3c2SC(F)(F)F)c2c1COC2. The van der Waals surface area contributed by atoms with Gasteiger partial charge in [0.1, 0.15) is 12.2 Å². The Kier molecular flexibility index (Phi) is 6.43. The third-order valence-corrected chi connectivity index (χ3v) is 8.09. The second-order valence-corrected chi connectivity index (χ2v) is 12.7. The number of hydrogen-bond donors (Lipinski definition) is 1. The van der Waals surface area contributed by atoms with Crippen molar-refractivity contribution in [1.82, 2.24) is 4.40 Å². The lowest BCUT2D eigenvalue weighted by atomic mass is 10.1. The van der Waals surface area contributed by atoms with Crippen molar-refractivity contribution in [3.8, 4) is 11.8 Å². The summed E-state index contributed by atoms with van der Waals surface area (Å²) >= 11 is 3.20. The summed E-state index contributed by atoms with van der Waals surface area (Å²) in [6, 6.07) is 8.80. The van der Waals surface area contributed by atoms with E-state index < -0.39 is 12.7 Å². The topological polar surface area (TPSA) is 42.7 Å². The van der Waals surface area contributed by atoms with Crippen molar-refractivity contribution in [1.29, 1.82) is 0 Å². The third-order valence-electron chi connectivity index (χ3n) is 4.99. The van der Waals surface area contributed by atoms with Crippen LogP contribution in [-0.4, -0.2) is 29.8 Å². The fourth-order valence-electron chi connectivity index (χ4n) is 3.65. The van der Waals surface area contributed by atoms with Gasteiger partial charge in [0.05, 0.1) is 30.8 Å². The average Bonchev–Trinajstić information content (AvgIpc) is 3.30. The first-order valence-corrected chi connectivity index (χ1v) is 13.8. The van der Waals surface area contributed by atoms with Crippen LogP contribution in [0.15, 0.2) is 46.0 Å². The molecule has 0 bridgehead atoms. The van der Waals surface area contributed by atoms with Gasteiger partial charge in [-0.1, -0.05) is 11.8 Å². The molecule has 4 nitrogen and oxygen atoms in total. The molecule has 0 amide bonds. The summed E-state index contributed by atoms with van der Waals surface area (Å²) in [5, 5.41) is 4.07. The van der Waals surface area contributed by atoms with E-state index >= 15 is 0 Å². The van der Waals surface area contributed by atoms with Crippen LogP contribution in [0.1, 0.15) is 16.7 Å². The van der Waals surface area contributed by atoms with Gasteiger partial charge in [-0.05, 0) is 65.2 Å². The van der Waals surface area contributed by atoms with Crippen LogP contribution in [0.5, 0.6) is 0 Å². The number of nitrogens with zero attached hydrogens (tertiary/aromatic N) is 1. The van der Waals surface area contributed by atoms with Crippen LogP contribution >= 0.6 is 34.8 Å². The van der Waals surface area contributed by atoms with E-state index in [-0.39, 0.29) is 23.3 Å². The van der Waals surface area contributed by atoms with Crippen molar-refractivity contribution in [3.05, 3.63) is 57.7 Å². The second-order valence-electron chi connectivity index (χ2n) is 7.61. The molecule has 0 fully saturated rings. The van der Waals surface area contributed by atoms with Crippen molar-refractivity contribution in [3.63, 3.8) is 0 Å². The molecule has 1 aliphatic rings. The molecule has 4 rings (SSSR count). The lowest BCUT2D eigenvalue weighted by molar-refractivity contribution is -0.0329. The van der Waals surface area contributed by atoms with Crippen LogP contribution in [0, 0.1) is 11.8 Å². The number of rotatable bonds is 4. The number of ether oxygens (including phenoxy) is 1. The van der Waals surface area contributed by atoms with Crippen LogP contribution in [0.4, 0.5) is 18.9 Å². The number of halogens is 4. The first-order valence-electron chi connectivity index (χ1n) is 9.61. The molecular weight excluding hydrogens is 524 g/mol. The molecule has 3 aromatic rings. The number of aromatic nitrogens is 1. The van der Waals surface area contributed by atoms with E-state index in [1.807, 2.05) is 12.1 Å². The molecule has 0 saturated carbocycles. The largest absolute Gasteiger partial charge is 0.447 e. The van der Waals surface area contributed by atoms with Gasteiger partial charge in [-0.2, -0.15) is 13.2 Å². The molecule has 2 aromatic heterocycles. The second kappa shape index (κ2) is 8.83. The Bertz CT molecular complexity index is 1300. The third kappa shape index (κ3) is 4.89. The molecule has 1 aliphatic heterocycles. The zero-order valence-electron chi connectivity index (χ0n) is 17.2. The predicted molar refractivity (Wildman–Crippen MR) is 126 cm³/mol. The minimum atomic E-state index is -4.43. The van der Waals surface area contributed by atoms with Gasteiger partial charge in [0.2, 0.25) is 0 Å². The van der Waals surface area contributed by atoms with Gasteiger partial charge in [0.25, 0.3) is 0 Å². The van der Waals surface area contributed by atoms with Gasteiger partial charge >= 0.3 is 5.51 Å². The van der Waals surface area contributed by atoms with Gasteiger partial charge in [-0.15, -0.1) is 0 Å². The normalized spacial score (nSPS) is 13.7. The van der Waals surface area contributed by atoms with E-state index in [4.69, 9.17) is 4.74 Å². The quantitative estimate of drug-likeness (QED) is 0.247. The zero-order chi connectivity index (χ0) is 23.1. The fourth-order valence-corrected chi connectivity index (χ4v) is 6.09. The molecule has 0 spiro atoms. The molecule has 0 radical (unpaired) electrons. The highest BCUT2D eigenvalue weighted by Crippen LogP contribution is 2.41. The maximum absolute atomic E-state index is 13.1. The zero-order valence-corrected chi connectivity index (χ0v) is 20.5. The lowest BCUT2D eigenvalue weighted by Crippen LogP contribution is -2.12. The first kappa shape index (κ1) is 23.3. The Morgan fingerprint density at radius 1 is 1.25 bits per heavy atom. The van der Waals surface area contributed by atoms with Gasteiger partial charge in [0.15, 0.2) is 0 Å². The Morgan fingerprint density at radius 3 is 2.72 bits per heavy atom. The molecule has 0 atom stereocenters. The minimum absolute atomic E-state index is 0.0292. The van der Waals surface area contributed by atoms with Gasteiger partial charge in [-0.25, -0.2) is 0 Å². The van der Waals surface area contributed by atoms with Crippen LogP contribution in [0.25, 0.3) is 5.52 Å². The number of benzene rings is 1. The number of nitrogens with one attached hydrogen (secondary N) is 1. The van der Waals surface area contributed by atoms with Crippen LogP contribution < -0.4 is 10.6 Å². The number of hydrogen-bond acceptors (Lipinski definition) is 4. The molecule has 10 heteroatoms. The standard InChI is InChI=1S/C22H19BrF3N2O2PS/c1-31(2,29)20-8-7-18(15-12-30-13-16(15)20)27-9-3-5-14-11-19-17(23)6-4-10-28(19)21(14)32-22(24,25)26/h4,6-8,10-11,27H,9,12-13H2,1-2H3. The van der Waals surface area contributed by atoms with E-state index in [0.29, 0.717) is 28.8 Å². The molecule has 0 saturated heterocycles. The van der Waals surface area contributed by atoms with Gasteiger partial charge in [0, 0.05) is 39.0 Å². The van der Waals surface area contributed by atoms with Crippen LogP contribution in [-0.2, 0) is 22.5 Å². The maximum Gasteiger partial charge on any atom is 0.447 e. The number of alkyl halides is 3. The highest BCUT2D eigenvalue weighted by Gasteiger charge is 2.32. The summed E-state index contributed by atoms with van der Waals surface area (Å²) in [5.41, 5.74) is -0.762.